The van der Waals surface area contributed by atoms with Gasteiger partial charge >= 0.3 is 0 Å². The van der Waals surface area contributed by atoms with Crippen molar-refractivity contribution in [1.82, 2.24) is 0 Å². The summed E-state index contributed by atoms with van der Waals surface area (Å²) in [5.41, 5.74) is -0.383. The molecule has 0 radical (unpaired) electrons. The molecule has 1 aliphatic carbocycles. The molecule has 20 heavy (non-hydrogen) atoms. The average molecular weight is 276 g/mol. The van der Waals surface area contributed by atoms with Crippen LogP contribution < -0.4 is 0 Å². The monoisotopic (exact) mass is 276 g/mol. The molecule has 1 aliphatic rings. The van der Waals surface area contributed by atoms with Gasteiger partial charge in [0.1, 0.15) is 5.82 Å². The zero-order chi connectivity index (χ0) is 14.3. The molecule has 1 fully saturated rings. The second-order valence-electron chi connectivity index (χ2n) is 5.02. The molecular weight excluding hydrogens is 265 g/mol. The van der Waals surface area contributed by atoms with Crippen LogP contribution in [0.3, 0.4) is 0 Å². The summed E-state index contributed by atoms with van der Waals surface area (Å²) in [5, 5.41) is 0. The van der Waals surface area contributed by atoms with Gasteiger partial charge in [-0.3, -0.25) is 4.79 Å². The number of benzene rings is 2. The number of carbonyl (C=O) groups excluding carboxylic acids is 1. The van der Waals surface area contributed by atoms with E-state index in [1.54, 1.807) is 24.3 Å². The molecule has 102 valence electrons. The van der Waals surface area contributed by atoms with Crippen LogP contribution in [0.1, 0.15) is 28.8 Å². The molecule has 2 aromatic rings. The maximum Gasteiger partial charge on any atom is 0.176 e. The van der Waals surface area contributed by atoms with Gasteiger partial charge in [0, 0.05) is 6.07 Å². The number of ketones is 1. The molecule has 0 aromatic heterocycles. The highest BCUT2D eigenvalue weighted by Crippen LogP contribution is 2.50. The molecule has 0 bridgehead atoms. The molecule has 0 spiro atoms. The molecule has 0 heterocycles. The van der Waals surface area contributed by atoms with Gasteiger partial charge in [-0.05, 0) is 24.5 Å². The first kappa shape index (κ1) is 12.9. The quantitative estimate of drug-likeness (QED) is 0.611. The van der Waals surface area contributed by atoms with Crippen molar-refractivity contribution in [2.75, 3.05) is 0 Å². The van der Waals surface area contributed by atoms with Gasteiger partial charge in [0.15, 0.2) is 17.4 Å². The van der Waals surface area contributed by atoms with Crippen LogP contribution >= 0.6 is 0 Å². The van der Waals surface area contributed by atoms with Crippen molar-refractivity contribution in [1.29, 1.82) is 0 Å². The van der Waals surface area contributed by atoms with Crippen molar-refractivity contribution in [3.63, 3.8) is 0 Å². The third-order valence-corrected chi connectivity index (χ3v) is 3.77. The van der Waals surface area contributed by atoms with Crippen LogP contribution in [0, 0.1) is 17.5 Å². The molecule has 0 saturated heterocycles. The SMILES string of the molecule is O=C(c1cc(F)c(F)cc1F)C1(c2ccccc2)CC1. The fourth-order valence-corrected chi connectivity index (χ4v) is 2.48. The minimum atomic E-state index is -1.29. The minimum absolute atomic E-state index is 0.384. The normalized spacial score (nSPS) is 15.9. The van der Waals surface area contributed by atoms with Crippen LogP contribution in [-0.2, 0) is 5.41 Å². The van der Waals surface area contributed by atoms with Gasteiger partial charge in [0.25, 0.3) is 0 Å². The second kappa shape index (κ2) is 4.47. The molecule has 4 heteroatoms. The summed E-state index contributed by atoms with van der Waals surface area (Å²) in [6, 6.07) is 10.1. The Kier molecular flexibility index (Phi) is 2.89. The average Bonchev–Trinajstić information content (AvgIpc) is 3.25. The van der Waals surface area contributed by atoms with Gasteiger partial charge in [0.05, 0.1) is 11.0 Å². The van der Waals surface area contributed by atoms with Gasteiger partial charge in [-0.15, -0.1) is 0 Å². The Morgan fingerprint density at radius 1 is 0.900 bits per heavy atom. The highest BCUT2D eigenvalue weighted by atomic mass is 19.2. The van der Waals surface area contributed by atoms with E-state index in [0.717, 1.165) is 5.56 Å². The van der Waals surface area contributed by atoms with E-state index in [1.165, 1.54) is 0 Å². The highest BCUT2D eigenvalue weighted by Gasteiger charge is 2.51. The predicted octanol–water partition coefficient (Wildman–Crippen LogP) is 4.02. The van der Waals surface area contributed by atoms with E-state index in [4.69, 9.17) is 0 Å². The first-order chi connectivity index (χ1) is 9.54. The van der Waals surface area contributed by atoms with Gasteiger partial charge in [-0.25, -0.2) is 13.2 Å². The van der Waals surface area contributed by atoms with Gasteiger partial charge in [-0.1, -0.05) is 30.3 Å². The summed E-state index contributed by atoms with van der Waals surface area (Å²) in [6.45, 7) is 0. The zero-order valence-electron chi connectivity index (χ0n) is 10.5. The number of hydrogen-bond acceptors (Lipinski definition) is 1. The van der Waals surface area contributed by atoms with Crippen LogP contribution in [0.25, 0.3) is 0 Å². The van der Waals surface area contributed by atoms with Gasteiger partial charge in [-0.2, -0.15) is 0 Å². The first-order valence-corrected chi connectivity index (χ1v) is 6.29. The summed E-state index contributed by atoms with van der Waals surface area (Å²) >= 11 is 0. The second-order valence-corrected chi connectivity index (χ2v) is 5.02. The Hall–Kier alpha value is -2.10. The lowest BCUT2D eigenvalue weighted by molar-refractivity contribution is 0.0941. The Bertz CT molecular complexity index is 676. The molecule has 1 saturated carbocycles. The lowest BCUT2D eigenvalue weighted by Gasteiger charge is -2.15. The van der Waals surface area contributed by atoms with E-state index in [1.807, 2.05) is 6.07 Å². The largest absolute Gasteiger partial charge is 0.293 e. The Morgan fingerprint density at radius 3 is 2.10 bits per heavy atom. The molecule has 0 aliphatic heterocycles. The van der Waals surface area contributed by atoms with Crippen LogP contribution in [0.4, 0.5) is 13.2 Å². The number of rotatable bonds is 3. The fourth-order valence-electron chi connectivity index (χ4n) is 2.48. The van der Waals surface area contributed by atoms with Crippen LogP contribution in [0.5, 0.6) is 0 Å². The van der Waals surface area contributed by atoms with E-state index >= 15 is 0 Å². The molecule has 2 aromatic carbocycles. The smallest absolute Gasteiger partial charge is 0.176 e. The fraction of sp³-hybridized carbons (Fsp3) is 0.188. The number of carbonyl (C=O) groups is 1. The van der Waals surface area contributed by atoms with Crippen LogP contribution in [0.2, 0.25) is 0 Å². The third-order valence-electron chi connectivity index (χ3n) is 3.77. The molecule has 0 atom stereocenters. The summed E-state index contributed by atoms with van der Waals surface area (Å²) < 4.78 is 39.9. The minimum Gasteiger partial charge on any atom is -0.293 e. The number of Topliss-reactive ketones (excluding diaryl/α,β-unsaturated/α-hetero) is 1. The lowest BCUT2D eigenvalue weighted by atomic mass is 9.87. The Balaban J connectivity index is 2.04. The molecule has 0 unspecified atom stereocenters. The Labute approximate surface area is 114 Å². The van der Waals surface area contributed by atoms with E-state index in [2.05, 4.69) is 0 Å². The summed E-state index contributed by atoms with van der Waals surface area (Å²) in [5.74, 6) is -4.00. The lowest BCUT2D eigenvalue weighted by Crippen LogP contribution is -2.22. The van der Waals surface area contributed by atoms with E-state index in [-0.39, 0.29) is 5.56 Å². The first-order valence-electron chi connectivity index (χ1n) is 6.29. The topological polar surface area (TPSA) is 17.1 Å². The van der Waals surface area contributed by atoms with E-state index < -0.39 is 28.6 Å². The van der Waals surface area contributed by atoms with Crippen LogP contribution in [-0.4, -0.2) is 5.78 Å². The van der Waals surface area contributed by atoms with Crippen molar-refractivity contribution in [2.24, 2.45) is 0 Å². The van der Waals surface area contributed by atoms with E-state index in [9.17, 15) is 18.0 Å². The zero-order valence-corrected chi connectivity index (χ0v) is 10.5. The summed E-state index contributed by atoms with van der Waals surface area (Å²) in [6.07, 6.45) is 1.18. The molecule has 0 N–H and O–H groups in total. The third kappa shape index (κ3) is 1.92. The standard InChI is InChI=1S/C16H11F3O/c17-12-9-14(19)13(18)8-11(12)15(20)16(6-7-16)10-4-2-1-3-5-10/h1-5,8-9H,6-7H2. The van der Waals surface area contributed by atoms with Gasteiger partial charge in [0.2, 0.25) is 0 Å². The summed E-state index contributed by atoms with van der Waals surface area (Å²) in [4.78, 5) is 12.5. The van der Waals surface area contributed by atoms with Crippen molar-refractivity contribution in [3.05, 3.63) is 71.0 Å². The van der Waals surface area contributed by atoms with Crippen molar-refractivity contribution >= 4 is 5.78 Å². The van der Waals surface area contributed by atoms with Crippen LogP contribution in [0.15, 0.2) is 42.5 Å². The molecular formula is C16H11F3O. The number of halogens is 3. The van der Waals surface area contributed by atoms with Crippen molar-refractivity contribution < 1.29 is 18.0 Å². The molecule has 1 nitrogen and oxygen atoms in total. The van der Waals surface area contributed by atoms with Crippen molar-refractivity contribution in [3.8, 4) is 0 Å². The maximum absolute atomic E-state index is 13.7. The van der Waals surface area contributed by atoms with Crippen molar-refractivity contribution in [2.45, 2.75) is 18.3 Å². The Morgan fingerprint density at radius 2 is 1.50 bits per heavy atom. The van der Waals surface area contributed by atoms with E-state index in [0.29, 0.717) is 25.0 Å². The summed E-state index contributed by atoms with van der Waals surface area (Å²) in [7, 11) is 0. The number of hydrogen-bond donors (Lipinski definition) is 0. The maximum atomic E-state index is 13.7. The predicted molar refractivity (Wildman–Crippen MR) is 68.0 cm³/mol. The molecule has 3 rings (SSSR count). The van der Waals surface area contributed by atoms with Gasteiger partial charge < -0.3 is 0 Å². The molecule has 0 amide bonds. The highest BCUT2D eigenvalue weighted by molar-refractivity contribution is 6.06.